The summed E-state index contributed by atoms with van der Waals surface area (Å²) < 4.78 is 62.4. The third-order valence-electron chi connectivity index (χ3n) is 12.8. The van der Waals surface area contributed by atoms with Gasteiger partial charge in [0.05, 0.1) is 39.1 Å². The van der Waals surface area contributed by atoms with Gasteiger partial charge in [-0.05, 0) is 6.92 Å². The molecular formula is C38H65NO30. The van der Waals surface area contributed by atoms with Gasteiger partial charge in [0, 0.05) is 6.92 Å². The molecule has 6 rings (SSSR count). The van der Waals surface area contributed by atoms with E-state index in [1.54, 1.807) is 0 Å². The number of carbonyl (C=O) groups is 1. The molecular weight excluding hydrogens is 950 g/mol. The summed E-state index contributed by atoms with van der Waals surface area (Å²) >= 11 is 0. The first-order valence-electron chi connectivity index (χ1n) is 22.0. The molecule has 1 amide bonds. The van der Waals surface area contributed by atoms with Crippen LogP contribution in [0.5, 0.6) is 0 Å². The first-order valence-corrected chi connectivity index (χ1v) is 22.0. The van der Waals surface area contributed by atoms with Crippen LogP contribution >= 0.6 is 0 Å². The number of carbonyl (C=O) groups excluding carboxylic acids is 1. The SMILES string of the molecule is CC(=O)N[C@H]1[C@H](O[C@H]2[C@@H](O)[C@@H](CO)O[C@@H](O[C@@H]3[C@H](O)[C@@H](O)[C@H](O[C@H]4[C@H](O)[C@@H](O)[C@H](O)O[C@@H]4CO)O[C@@H]3CO)[C@@H]2O)O[C@H](CO)[C@H](O)[C@@H]1O[C@@H]1O[C@H](CO)[C@H](O)[C@H](O)[C@H]1O[C@@H]1O[C@@H](C)[C@@H](O)[C@@H](O)[C@@H]1O. The highest BCUT2D eigenvalue weighted by Gasteiger charge is 2.58. The number of ether oxygens (including phenoxy) is 11. The molecule has 0 radical (unpaired) electrons. The van der Waals surface area contributed by atoms with Gasteiger partial charge in [-0.1, -0.05) is 0 Å². The molecule has 6 heterocycles. The molecule has 0 aromatic rings. The van der Waals surface area contributed by atoms with Crippen LogP contribution in [0.15, 0.2) is 0 Å². The van der Waals surface area contributed by atoms with E-state index in [2.05, 4.69) is 5.32 Å². The van der Waals surface area contributed by atoms with Crippen molar-refractivity contribution in [2.75, 3.05) is 33.0 Å². The van der Waals surface area contributed by atoms with Gasteiger partial charge in [-0.3, -0.25) is 4.79 Å². The molecule has 0 saturated carbocycles. The number of hydrogen-bond acceptors (Lipinski definition) is 30. The van der Waals surface area contributed by atoms with Gasteiger partial charge in [0.25, 0.3) is 0 Å². The lowest BCUT2D eigenvalue weighted by Gasteiger charge is -2.51. The summed E-state index contributed by atoms with van der Waals surface area (Å²) in [6.45, 7) is -2.55. The van der Waals surface area contributed by atoms with Crippen molar-refractivity contribution in [3.63, 3.8) is 0 Å². The van der Waals surface area contributed by atoms with Crippen LogP contribution < -0.4 is 5.32 Å². The molecule has 31 nitrogen and oxygen atoms in total. The van der Waals surface area contributed by atoms with E-state index in [0.29, 0.717) is 0 Å². The van der Waals surface area contributed by atoms with Crippen molar-refractivity contribution in [3.8, 4) is 0 Å². The molecule has 0 bridgehead atoms. The normalized spacial score (nSPS) is 52.1. The van der Waals surface area contributed by atoms with Gasteiger partial charge < -0.3 is 149 Å². The van der Waals surface area contributed by atoms with E-state index in [-0.39, 0.29) is 0 Å². The van der Waals surface area contributed by atoms with Crippen LogP contribution in [0.1, 0.15) is 13.8 Å². The minimum Gasteiger partial charge on any atom is -0.394 e. The van der Waals surface area contributed by atoms with Crippen LogP contribution in [0.4, 0.5) is 0 Å². The molecule has 6 saturated heterocycles. The molecule has 19 N–H and O–H groups in total. The molecule has 6 fully saturated rings. The molecule has 0 unspecified atom stereocenters. The lowest BCUT2D eigenvalue weighted by molar-refractivity contribution is -0.393. The predicted molar refractivity (Wildman–Crippen MR) is 209 cm³/mol. The van der Waals surface area contributed by atoms with Gasteiger partial charge in [0.15, 0.2) is 37.7 Å². The minimum atomic E-state index is -2.21. The Balaban J connectivity index is 1.23. The molecule has 0 aliphatic carbocycles. The Hall–Kier alpha value is -1.69. The number of rotatable bonds is 16. The summed E-state index contributed by atoms with van der Waals surface area (Å²) in [5, 5.41) is 194. The lowest BCUT2D eigenvalue weighted by atomic mass is 9.94. The average molecular weight is 1020 g/mol. The number of hydrogen-bond donors (Lipinski definition) is 19. The van der Waals surface area contributed by atoms with E-state index in [4.69, 9.17) is 52.1 Å². The van der Waals surface area contributed by atoms with Crippen LogP contribution in [-0.4, -0.2) is 315 Å². The van der Waals surface area contributed by atoms with Gasteiger partial charge in [0.1, 0.15) is 140 Å². The second-order valence-corrected chi connectivity index (χ2v) is 17.5. The maximum absolute atomic E-state index is 12.7. The van der Waals surface area contributed by atoms with Crippen LogP contribution in [-0.2, 0) is 56.9 Å². The van der Waals surface area contributed by atoms with Gasteiger partial charge in [-0.25, -0.2) is 0 Å². The second-order valence-electron chi connectivity index (χ2n) is 17.5. The summed E-state index contributed by atoms with van der Waals surface area (Å²) in [5.74, 6) is -0.863. The molecule has 0 aromatic carbocycles. The Kier molecular flexibility index (Phi) is 19.8. The Morgan fingerprint density at radius 1 is 0.377 bits per heavy atom. The first kappa shape index (κ1) is 56.6. The molecule has 69 heavy (non-hydrogen) atoms. The topological polar surface area (TPSA) is 495 Å². The fourth-order valence-electron chi connectivity index (χ4n) is 8.84. The highest BCUT2D eigenvalue weighted by Crippen LogP contribution is 2.37. The maximum Gasteiger partial charge on any atom is 0.217 e. The van der Waals surface area contributed by atoms with Crippen molar-refractivity contribution in [2.24, 2.45) is 0 Å². The quantitative estimate of drug-likeness (QED) is 0.0682. The molecule has 0 aromatic heterocycles. The predicted octanol–water partition coefficient (Wildman–Crippen LogP) is -12.9. The zero-order chi connectivity index (χ0) is 50.9. The minimum absolute atomic E-state index is 0.863. The van der Waals surface area contributed by atoms with Crippen LogP contribution in [0, 0.1) is 0 Å². The maximum atomic E-state index is 12.7. The van der Waals surface area contributed by atoms with Gasteiger partial charge >= 0.3 is 0 Å². The summed E-state index contributed by atoms with van der Waals surface area (Å²) in [6.07, 6.45) is -54.3. The summed E-state index contributed by atoms with van der Waals surface area (Å²) in [4.78, 5) is 12.7. The standard InChI is InChI=1S/C38H65NO30/c1-8-16(46)20(50)25(55)35(59-8)69-32-21(51)17(47)10(3-40)63-38(32)67-30-15(39-9(2)45)34(61-11(4-41)18(30)48)68-31-19(49)12(5-42)62-37(27(31)57)66-29-14(7-44)64-36(26(56)23(29)53)65-28-13(6-43)60-33(58)24(54)22(28)52/h8,10-38,40-44,46-58H,3-7H2,1-2H3,(H,39,45)/t8-,10+,11+,12+,13+,14+,15+,16+,17-,18-,19-,20+,21-,22+,23+,24+,25-,26+,27+,28+,29-,30+,31-,32+,33+,34-,35-,36-,37-,38-/m0/s1. The summed E-state index contributed by atoms with van der Waals surface area (Å²) in [7, 11) is 0. The van der Waals surface area contributed by atoms with Crippen molar-refractivity contribution in [1.82, 2.24) is 5.32 Å². The molecule has 6 aliphatic heterocycles. The van der Waals surface area contributed by atoms with E-state index in [9.17, 15) is 96.7 Å². The Morgan fingerprint density at radius 2 is 0.768 bits per heavy atom. The summed E-state index contributed by atoms with van der Waals surface area (Å²) in [6, 6.07) is -1.79. The van der Waals surface area contributed by atoms with Crippen LogP contribution in [0.3, 0.4) is 0 Å². The Morgan fingerprint density at radius 3 is 1.33 bits per heavy atom. The highest BCUT2D eigenvalue weighted by atomic mass is 16.8. The molecule has 30 atom stereocenters. The van der Waals surface area contributed by atoms with Crippen molar-refractivity contribution >= 4 is 5.91 Å². The van der Waals surface area contributed by atoms with Crippen LogP contribution in [0.25, 0.3) is 0 Å². The van der Waals surface area contributed by atoms with Gasteiger partial charge in [-0.15, -0.1) is 0 Å². The Labute approximate surface area is 390 Å². The number of amides is 1. The molecule has 6 aliphatic rings. The van der Waals surface area contributed by atoms with Crippen LogP contribution in [0.2, 0.25) is 0 Å². The lowest BCUT2D eigenvalue weighted by Crippen LogP contribution is -2.70. The van der Waals surface area contributed by atoms with E-state index < -0.39 is 223 Å². The van der Waals surface area contributed by atoms with Crippen molar-refractivity contribution in [3.05, 3.63) is 0 Å². The zero-order valence-corrected chi connectivity index (χ0v) is 36.8. The molecule has 402 valence electrons. The third kappa shape index (κ3) is 11.8. The Bertz CT molecular complexity index is 1610. The van der Waals surface area contributed by atoms with E-state index >= 15 is 0 Å². The summed E-state index contributed by atoms with van der Waals surface area (Å²) in [5.41, 5.74) is 0. The number of aliphatic hydroxyl groups is 18. The van der Waals surface area contributed by atoms with E-state index in [0.717, 1.165) is 6.92 Å². The third-order valence-corrected chi connectivity index (χ3v) is 12.8. The van der Waals surface area contributed by atoms with Crippen molar-refractivity contribution in [2.45, 2.75) is 198 Å². The van der Waals surface area contributed by atoms with E-state index in [1.165, 1.54) is 6.92 Å². The fraction of sp³-hybridized carbons (Fsp3) is 0.974. The first-order chi connectivity index (χ1) is 32.6. The fourth-order valence-corrected chi connectivity index (χ4v) is 8.84. The number of nitrogens with one attached hydrogen (secondary N) is 1. The smallest absolute Gasteiger partial charge is 0.217 e. The molecule has 31 heteroatoms. The van der Waals surface area contributed by atoms with E-state index in [1.807, 2.05) is 0 Å². The highest BCUT2D eigenvalue weighted by molar-refractivity contribution is 5.73. The van der Waals surface area contributed by atoms with Gasteiger partial charge in [0.2, 0.25) is 5.91 Å². The second kappa shape index (κ2) is 24.1. The zero-order valence-electron chi connectivity index (χ0n) is 36.8. The average Bonchev–Trinajstić information content (AvgIpc) is 3.32. The van der Waals surface area contributed by atoms with Crippen molar-refractivity contribution < 1.29 is 149 Å². The van der Waals surface area contributed by atoms with Crippen molar-refractivity contribution in [1.29, 1.82) is 0 Å². The molecule has 0 spiro atoms. The monoisotopic (exact) mass is 1020 g/mol. The number of aliphatic hydroxyl groups excluding tert-OH is 18. The largest absolute Gasteiger partial charge is 0.394 e. The van der Waals surface area contributed by atoms with Gasteiger partial charge in [-0.2, -0.15) is 0 Å².